The topological polar surface area (TPSA) is 63.4 Å². The van der Waals surface area contributed by atoms with E-state index in [4.69, 9.17) is 9.26 Å². The molecule has 134 valence electrons. The van der Waals surface area contributed by atoms with Crippen molar-refractivity contribution < 1.29 is 9.26 Å². The highest BCUT2D eigenvalue weighted by Crippen LogP contribution is 2.25. The second-order valence-electron chi connectivity index (χ2n) is 6.46. The van der Waals surface area contributed by atoms with E-state index in [1.54, 1.807) is 0 Å². The summed E-state index contributed by atoms with van der Waals surface area (Å²) in [5, 5.41) is 7.55. The van der Waals surface area contributed by atoms with E-state index >= 15 is 0 Å². The number of hydrogen-bond acceptors (Lipinski definition) is 6. The summed E-state index contributed by atoms with van der Waals surface area (Å²) < 4.78 is 11.4. The third kappa shape index (κ3) is 3.76. The van der Waals surface area contributed by atoms with E-state index in [1.165, 1.54) is 0 Å². The first-order valence-electron chi connectivity index (χ1n) is 8.81. The molecule has 1 N–H and O–H groups in total. The molecule has 1 atom stereocenters. The number of benzene rings is 2. The minimum Gasteiger partial charge on any atom is -0.489 e. The van der Waals surface area contributed by atoms with Crippen LogP contribution in [-0.2, 0) is 6.61 Å². The van der Waals surface area contributed by atoms with Crippen molar-refractivity contribution in [2.24, 2.45) is 0 Å². The summed E-state index contributed by atoms with van der Waals surface area (Å²) in [6, 6.07) is 18.0. The lowest BCUT2D eigenvalue weighted by atomic mass is 10.2. The van der Waals surface area contributed by atoms with Crippen molar-refractivity contribution in [1.29, 1.82) is 0 Å². The molecular weight excluding hydrogens is 328 g/mol. The molecule has 3 aromatic rings. The number of nitrogens with zero attached hydrogens (tertiary/aromatic N) is 3. The van der Waals surface area contributed by atoms with Gasteiger partial charge in [-0.05, 0) is 30.8 Å². The van der Waals surface area contributed by atoms with Gasteiger partial charge in [0.05, 0.1) is 6.04 Å². The molecule has 0 amide bonds. The zero-order valence-electron chi connectivity index (χ0n) is 14.8. The third-order valence-electron chi connectivity index (χ3n) is 4.58. The standard InChI is InChI=1S/C20H22N4O2/c1-24-11-10-21-13-18(24)19-22-20(26-23-19)16-8-5-9-17(12-16)25-14-15-6-3-2-4-7-15/h2-9,12,18,21H,10-11,13-14H2,1H3. The zero-order valence-corrected chi connectivity index (χ0v) is 14.8. The van der Waals surface area contributed by atoms with Crippen molar-refractivity contribution in [3.8, 4) is 17.2 Å². The van der Waals surface area contributed by atoms with Gasteiger partial charge in [-0.25, -0.2) is 0 Å². The van der Waals surface area contributed by atoms with Crippen LogP contribution < -0.4 is 10.1 Å². The fraction of sp³-hybridized carbons (Fsp3) is 0.300. The number of piperazine rings is 1. The molecule has 0 saturated carbocycles. The van der Waals surface area contributed by atoms with Crippen LogP contribution in [0.4, 0.5) is 0 Å². The van der Waals surface area contributed by atoms with Crippen LogP contribution in [0.15, 0.2) is 59.1 Å². The van der Waals surface area contributed by atoms with Crippen molar-refractivity contribution in [1.82, 2.24) is 20.4 Å². The first kappa shape index (κ1) is 16.8. The molecule has 1 fully saturated rings. The number of hydrogen-bond donors (Lipinski definition) is 1. The smallest absolute Gasteiger partial charge is 0.258 e. The monoisotopic (exact) mass is 350 g/mol. The van der Waals surface area contributed by atoms with Gasteiger partial charge in [0.1, 0.15) is 12.4 Å². The van der Waals surface area contributed by atoms with Crippen molar-refractivity contribution in [3.05, 3.63) is 66.0 Å². The van der Waals surface area contributed by atoms with Gasteiger partial charge >= 0.3 is 0 Å². The van der Waals surface area contributed by atoms with Gasteiger partial charge in [0.25, 0.3) is 5.89 Å². The maximum absolute atomic E-state index is 5.89. The number of aromatic nitrogens is 2. The minimum atomic E-state index is 0.138. The van der Waals surface area contributed by atoms with E-state index in [9.17, 15) is 0 Å². The Morgan fingerprint density at radius 2 is 2.08 bits per heavy atom. The quantitative estimate of drug-likeness (QED) is 0.763. The Balaban J connectivity index is 1.48. The van der Waals surface area contributed by atoms with Gasteiger partial charge in [-0.2, -0.15) is 4.98 Å². The molecule has 26 heavy (non-hydrogen) atoms. The van der Waals surface area contributed by atoms with Gasteiger partial charge in [0, 0.05) is 25.2 Å². The van der Waals surface area contributed by atoms with Crippen LogP contribution in [0.1, 0.15) is 17.4 Å². The van der Waals surface area contributed by atoms with Crippen LogP contribution in [0.2, 0.25) is 0 Å². The van der Waals surface area contributed by atoms with Gasteiger partial charge in [-0.3, -0.25) is 4.90 Å². The SMILES string of the molecule is CN1CCNCC1c1noc(-c2cccc(OCc3ccccc3)c2)n1. The molecule has 0 spiro atoms. The Kier molecular flexibility index (Phi) is 4.95. The minimum absolute atomic E-state index is 0.138. The average Bonchev–Trinajstić information content (AvgIpc) is 3.18. The Labute approximate surface area is 152 Å². The van der Waals surface area contributed by atoms with Crippen LogP contribution >= 0.6 is 0 Å². The lowest BCUT2D eigenvalue weighted by molar-refractivity contribution is 0.190. The van der Waals surface area contributed by atoms with E-state index in [1.807, 2.05) is 54.6 Å². The van der Waals surface area contributed by atoms with Crippen LogP contribution in [0.25, 0.3) is 11.5 Å². The van der Waals surface area contributed by atoms with E-state index in [2.05, 4.69) is 27.4 Å². The summed E-state index contributed by atoms with van der Waals surface area (Å²) >= 11 is 0. The summed E-state index contributed by atoms with van der Waals surface area (Å²) in [5.41, 5.74) is 1.99. The Morgan fingerprint density at radius 1 is 1.19 bits per heavy atom. The van der Waals surface area contributed by atoms with Crippen molar-refractivity contribution in [2.45, 2.75) is 12.6 Å². The number of ether oxygens (including phenoxy) is 1. The lowest BCUT2D eigenvalue weighted by Crippen LogP contribution is -2.44. The number of likely N-dealkylation sites (N-methyl/N-ethyl adjacent to an activating group) is 1. The predicted molar refractivity (Wildman–Crippen MR) is 98.7 cm³/mol. The molecule has 6 nitrogen and oxygen atoms in total. The maximum atomic E-state index is 5.89. The van der Waals surface area contributed by atoms with E-state index in [-0.39, 0.29) is 6.04 Å². The van der Waals surface area contributed by atoms with Crippen molar-refractivity contribution in [3.63, 3.8) is 0 Å². The molecule has 0 bridgehead atoms. The van der Waals surface area contributed by atoms with E-state index < -0.39 is 0 Å². The fourth-order valence-electron chi connectivity index (χ4n) is 3.04. The molecular formula is C20H22N4O2. The van der Waals surface area contributed by atoms with Crippen LogP contribution in [0.3, 0.4) is 0 Å². The average molecular weight is 350 g/mol. The summed E-state index contributed by atoms with van der Waals surface area (Å²) in [7, 11) is 2.08. The van der Waals surface area contributed by atoms with Crippen molar-refractivity contribution >= 4 is 0 Å². The van der Waals surface area contributed by atoms with Gasteiger partial charge in [-0.15, -0.1) is 0 Å². The molecule has 1 aliphatic rings. The summed E-state index contributed by atoms with van der Waals surface area (Å²) in [6.45, 7) is 3.31. The summed E-state index contributed by atoms with van der Waals surface area (Å²) in [4.78, 5) is 6.84. The molecule has 2 aromatic carbocycles. The second kappa shape index (κ2) is 7.68. The normalized spacial score (nSPS) is 18.0. The third-order valence-corrected chi connectivity index (χ3v) is 4.58. The van der Waals surface area contributed by atoms with E-state index in [0.717, 1.165) is 36.5 Å². The molecule has 1 saturated heterocycles. The van der Waals surface area contributed by atoms with Crippen LogP contribution in [0.5, 0.6) is 5.75 Å². The van der Waals surface area contributed by atoms with E-state index in [0.29, 0.717) is 18.3 Å². The summed E-state index contributed by atoms with van der Waals surface area (Å²) in [6.07, 6.45) is 0. The first-order chi connectivity index (χ1) is 12.8. The molecule has 0 aliphatic carbocycles. The largest absolute Gasteiger partial charge is 0.489 e. The van der Waals surface area contributed by atoms with Crippen molar-refractivity contribution in [2.75, 3.05) is 26.7 Å². The molecule has 0 radical (unpaired) electrons. The maximum Gasteiger partial charge on any atom is 0.258 e. The number of rotatable bonds is 5. The summed E-state index contributed by atoms with van der Waals surface area (Å²) in [5.74, 6) is 2.01. The highest BCUT2D eigenvalue weighted by Gasteiger charge is 2.25. The zero-order chi connectivity index (χ0) is 17.8. The Hall–Kier alpha value is -2.70. The van der Waals surface area contributed by atoms with Gasteiger partial charge < -0.3 is 14.6 Å². The van der Waals surface area contributed by atoms with Gasteiger partial charge in [-0.1, -0.05) is 41.6 Å². The van der Waals surface area contributed by atoms with Crippen LogP contribution in [0, 0.1) is 0 Å². The highest BCUT2D eigenvalue weighted by atomic mass is 16.5. The molecule has 1 aliphatic heterocycles. The Morgan fingerprint density at radius 3 is 2.92 bits per heavy atom. The van der Waals surface area contributed by atoms with Crippen LogP contribution in [-0.4, -0.2) is 41.7 Å². The Bertz CT molecular complexity index is 850. The highest BCUT2D eigenvalue weighted by molar-refractivity contribution is 5.55. The molecule has 1 aromatic heterocycles. The fourth-order valence-corrected chi connectivity index (χ4v) is 3.04. The molecule has 6 heteroatoms. The molecule has 4 rings (SSSR count). The first-order valence-corrected chi connectivity index (χ1v) is 8.81. The van der Waals surface area contributed by atoms with Gasteiger partial charge in [0.2, 0.25) is 0 Å². The molecule has 2 heterocycles. The number of nitrogens with one attached hydrogen (secondary N) is 1. The second-order valence-corrected chi connectivity index (χ2v) is 6.46. The predicted octanol–water partition coefficient (Wildman–Crippen LogP) is 2.89. The molecule has 1 unspecified atom stereocenters. The van der Waals surface area contributed by atoms with Gasteiger partial charge in [0.15, 0.2) is 5.82 Å². The lowest BCUT2D eigenvalue weighted by Gasteiger charge is -2.30.